The van der Waals surface area contributed by atoms with Crippen LogP contribution in [0.2, 0.25) is 0 Å². The Labute approximate surface area is 208 Å². The summed E-state index contributed by atoms with van der Waals surface area (Å²) in [5.74, 6) is -3.52. The van der Waals surface area contributed by atoms with Crippen LogP contribution in [-0.2, 0) is 28.7 Å². The molecule has 0 aromatic heterocycles. The van der Waals surface area contributed by atoms with E-state index in [2.05, 4.69) is 15.0 Å². The molecule has 0 fully saturated rings. The molecule has 1 aliphatic heterocycles. The second-order valence-electron chi connectivity index (χ2n) is 7.56. The lowest BCUT2D eigenvalue weighted by Gasteiger charge is -2.30. The number of nitrogens with zero attached hydrogens (tertiary/aromatic N) is 3. The summed E-state index contributed by atoms with van der Waals surface area (Å²) in [5, 5.41) is 32.7. The van der Waals surface area contributed by atoms with Crippen LogP contribution in [0.4, 0.5) is 5.69 Å². The maximum absolute atomic E-state index is 13.0. The van der Waals surface area contributed by atoms with E-state index >= 15 is 0 Å². The standard InChI is InChI=1S/C20H23N5O12/c1-11(37-25(32)33)10-35-20(27)17-16(13-5-3-6-14(9-13)23(28)29)15(12(2)22-18(17)21)19(26)34-7-4-8-36-24(30)31/h3,5-6,9,11,16,22H,4,7-8,10,21H2,1-2H3. The molecule has 0 saturated heterocycles. The van der Waals surface area contributed by atoms with Gasteiger partial charge in [-0.05, 0) is 19.4 Å². The normalized spacial score (nSPS) is 15.8. The predicted octanol–water partition coefficient (Wildman–Crippen LogP) is 1.01. The van der Waals surface area contributed by atoms with E-state index in [9.17, 15) is 39.9 Å². The van der Waals surface area contributed by atoms with Crippen LogP contribution in [0, 0.1) is 30.3 Å². The molecule has 3 N–H and O–H groups in total. The van der Waals surface area contributed by atoms with Gasteiger partial charge in [-0.2, -0.15) is 0 Å². The number of benzene rings is 1. The molecule has 0 bridgehead atoms. The van der Waals surface area contributed by atoms with Crippen LogP contribution >= 0.6 is 0 Å². The van der Waals surface area contributed by atoms with Gasteiger partial charge in [-0.25, -0.2) is 9.59 Å². The summed E-state index contributed by atoms with van der Waals surface area (Å²) in [6.45, 7) is 1.58. The Morgan fingerprint density at radius 1 is 1.05 bits per heavy atom. The number of rotatable bonds is 13. The van der Waals surface area contributed by atoms with Crippen molar-refractivity contribution in [3.8, 4) is 0 Å². The number of ether oxygens (including phenoxy) is 2. The lowest BCUT2D eigenvalue weighted by atomic mass is 9.81. The van der Waals surface area contributed by atoms with Crippen LogP contribution in [0.3, 0.4) is 0 Å². The number of hydrogen-bond donors (Lipinski definition) is 2. The van der Waals surface area contributed by atoms with Crippen LogP contribution in [0.1, 0.15) is 31.7 Å². The number of non-ortho nitro benzene ring substituents is 1. The van der Waals surface area contributed by atoms with Crippen molar-refractivity contribution in [3.63, 3.8) is 0 Å². The Kier molecular flexibility index (Phi) is 9.67. The topological polar surface area (TPSA) is 239 Å². The molecule has 2 rings (SSSR count). The molecule has 2 unspecified atom stereocenters. The van der Waals surface area contributed by atoms with Gasteiger partial charge in [0.25, 0.3) is 15.9 Å². The van der Waals surface area contributed by atoms with Crippen molar-refractivity contribution >= 4 is 17.6 Å². The number of esters is 2. The van der Waals surface area contributed by atoms with Gasteiger partial charge in [0.05, 0.1) is 35.2 Å². The smallest absolute Gasteiger partial charge is 0.338 e. The first kappa shape index (κ1) is 28.3. The van der Waals surface area contributed by atoms with Crippen molar-refractivity contribution in [2.45, 2.75) is 32.3 Å². The van der Waals surface area contributed by atoms with E-state index in [1.54, 1.807) is 0 Å². The van der Waals surface area contributed by atoms with Crippen LogP contribution in [0.25, 0.3) is 0 Å². The fraction of sp³-hybridized carbons (Fsp3) is 0.400. The Hall–Kier alpha value is -4.96. The van der Waals surface area contributed by atoms with Crippen LogP contribution in [0.5, 0.6) is 0 Å². The minimum absolute atomic E-state index is 0.0187. The number of hydrogen-bond acceptors (Lipinski definition) is 14. The van der Waals surface area contributed by atoms with E-state index in [0.717, 1.165) is 6.07 Å². The zero-order valence-electron chi connectivity index (χ0n) is 19.6. The van der Waals surface area contributed by atoms with E-state index in [1.165, 1.54) is 32.0 Å². The summed E-state index contributed by atoms with van der Waals surface area (Å²) in [4.78, 5) is 65.9. The summed E-state index contributed by atoms with van der Waals surface area (Å²) in [7, 11) is 0. The molecule has 1 aliphatic rings. The Balaban J connectivity index is 2.41. The number of nitro groups is 1. The Morgan fingerprint density at radius 3 is 2.35 bits per heavy atom. The first-order valence-corrected chi connectivity index (χ1v) is 10.6. The Morgan fingerprint density at radius 2 is 1.73 bits per heavy atom. The third kappa shape index (κ3) is 7.77. The molecule has 17 heteroatoms. The van der Waals surface area contributed by atoms with E-state index in [0.29, 0.717) is 0 Å². The predicted molar refractivity (Wildman–Crippen MR) is 120 cm³/mol. The lowest BCUT2D eigenvalue weighted by Crippen LogP contribution is -2.37. The fourth-order valence-electron chi connectivity index (χ4n) is 3.39. The van der Waals surface area contributed by atoms with Gasteiger partial charge < -0.3 is 30.2 Å². The first-order valence-electron chi connectivity index (χ1n) is 10.6. The molecule has 0 spiro atoms. The average Bonchev–Trinajstić information content (AvgIpc) is 2.81. The average molecular weight is 525 g/mol. The van der Waals surface area contributed by atoms with Gasteiger partial charge in [-0.3, -0.25) is 10.1 Å². The summed E-state index contributed by atoms with van der Waals surface area (Å²) in [6, 6.07) is 5.11. The van der Waals surface area contributed by atoms with Crippen LogP contribution in [0.15, 0.2) is 46.9 Å². The van der Waals surface area contributed by atoms with Gasteiger partial charge >= 0.3 is 11.9 Å². The fourth-order valence-corrected chi connectivity index (χ4v) is 3.39. The summed E-state index contributed by atoms with van der Waals surface area (Å²) in [6.07, 6.45) is -1.15. The van der Waals surface area contributed by atoms with Gasteiger partial charge in [0.2, 0.25) is 0 Å². The van der Waals surface area contributed by atoms with Crippen molar-refractivity contribution < 1.29 is 43.8 Å². The van der Waals surface area contributed by atoms with E-state index in [1.807, 2.05) is 0 Å². The number of nitro benzene ring substituents is 1. The molecule has 1 aromatic carbocycles. The number of dihydropyridines is 1. The highest BCUT2D eigenvalue weighted by Crippen LogP contribution is 2.39. The molecule has 0 aliphatic carbocycles. The van der Waals surface area contributed by atoms with E-state index in [4.69, 9.17) is 15.2 Å². The maximum atomic E-state index is 13.0. The quantitative estimate of drug-likeness (QED) is 0.158. The highest BCUT2D eigenvalue weighted by Gasteiger charge is 2.39. The van der Waals surface area contributed by atoms with Gasteiger partial charge in [-0.15, -0.1) is 20.2 Å². The number of nitrogens with two attached hydrogens (primary N) is 1. The second-order valence-corrected chi connectivity index (χ2v) is 7.56. The molecule has 2 atom stereocenters. The van der Waals surface area contributed by atoms with Crippen molar-refractivity contribution in [3.05, 3.63) is 82.8 Å². The zero-order chi connectivity index (χ0) is 27.7. The number of carbonyl (C=O) groups is 2. The third-order valence-corrected chi connectivity index (χ3v) is 4.88. The molecule has 1 aromatic rings. The number of nitrogens with one attached hydrogen (secondary N) is 1. The molecule has 0 radical (unpaired) electrons. The van der Waals surface area contributed by atoms with Gasteiger partial charge in [0, 0.05) is 24.3 Å². The monoisotopic (exact) mass is 525 g/mol. The lowest BCUT2D eigenvalue weighted by molar-refractivity contribution is -0.767. The highest BCUT2D eigenvalue weighted by atomic mass is 17.0. The maximum Gasteiger partial charge on any atom is 0.338 e. The molecule has 0 amide bonds. The third-order valence-electron chi connectivity index (χ3n) is 4.88. The van der Waals surface area contributed by atoms with Gasteiger partial charge in [0.1, 0.15) is 18.5 Å². The minimum Gasteiger partial charge on any atom is -0.462 e. The van der Waals surface area contributed by atoms with Gasteiger partial charge in [0.15, 0.2) is 0 Å². The molecule has 37 heavy (non-hydrogen) atoms. The van der Waals surface area contributed by atoms with Crippen LogP contribution < -0.4 is 11.1 Å². The summed E-state index contributed by atoms with van der Waals surface area (Å²) < 4.78 is 10.3. The second kappa shape index (κ2) is 12.7. The van der Waals surface area contributed by atoms with E-state index < -0.39 is 45.7 Å². The number of carbonyl (C=O) groups excluding carboxylic acids is 2. The zero-order valence-corrected chi connectivity index (χ0v) is 19.6. The highest BCUT2D eigenvalue weighted by molar-refractivity contribution is 5.99. The molecular formula is C20H23N5O12. The van der Waals surface area contributed by atoms with Crippen molar-refractivity contribution in [2.75, 3.05) is 19.8 Å². The Bertz CT molecular complexity index is 1150. The molecule has 200 valence electrons. The summed E-state index contributed by atoms with van der Waals surface area (Å²) in [5.41, 5.74) is 5.57. The first-order chi connectivity index (χ1) is 17.4. The van der Waals surface area contributed by atoms with E-state index in [-0.39, 0.29) is 53.5 Å². The largest absolute Gasteiger partial charge is 0.462 e. The summed E-state index contributed by atoms with van der Waals surface area (Å²) >= 11 is 0. The number of allylic oxidation sites excluding steroid dienone is 1. The van der Waals surface area contributed by atoms with Crippen LogP contribution in [-0.4, -0.2) is 53.0 Å². The molecule has 17 nitrogen and oxygen atoms in total. The molecular weight excluding hydrogens is 502 g/mol. The van der Waals surface area contributed by atoms with Crippen molar-refractivity contribution in [2.24, 2.45) is 5.73 Å². The van der Waals surface area contributed by atoms with Crippen molar-refractivity contribution in [1.29, 1.82) is 0 Å². The molecule has 0 saturated carbocycles. The minimum atomic E-state index is -1.29. The van der Waals surface area contributed by atoms with Gasteiger partial charge in [-0.1, -0.05) is 12.1 Å². The molecule has 1 heterocycles. The SMILES string of the molecule is CC1=C(C(=O)OCCCO[N+](=O)[O-])C(c2cccc([N+](=O)[O-])c2)C(C(=O)OCC(C)O[N+](=O)[O-])=C(N)N1. The van der Waals surface area contributed by atoms with Crippen molar-refractivity contribution in [1.82, 2.24) is 5.32 Å².